The van der Waals surface area contributed by atoms with E-state index in [0.717, 1.165) is 124 Å². The molecule has 6 nitrogen and oxygen atoms in total. The van der Waals surface area contributed by atoms with Gasteiger partial charge in [0.25, 0.3) is 0 Å². The summed E-state index contributed by atoms with van der Waals surface area (Å²) in [5.41, 5.74) is 9.55. The van der Waals surface area contributed by atoms with E-state index in [1.165, 1.54) is 75.7 Å². The number of allylic oxidation sites excluding steroid dienone is 9. The van der Waals surface area contributed by atoms with Crippen LogP contribution in [0.15, 0.2) is 68.9 Å². The van der Waals surface area contributed by atoms with Gasteiger partial charge in [0.15, 0.2) is 0 Å². The molecule has 0 aliphatic heterocycles. The molecule has 0 heterocycles. The van der Waals surface area contributed by atoms with Crippen LogP contribution in [-0.2, 0) is 14.2 Å². The second kappa shape index (κ2) is 18.4. The number of rotatable bonds is 3. The molecule has 9 unspecified atom stereocenters. The summed E-state index contributed by atoms with van der Waals surface area (Å²) in [6.07, 6.45) is 36.3. The first kappa shape index (κ1) is 48.9. The molecule has 0 amide bonds. The van der Waals surface area contributed by atoms with Gasteiger partial charge in [0.2, 0.25) is 0 Å². The Labute approximate surface area is 412 Å². The lowest BCUT2D eigenvalue weighted by Gasteiger charge is -2.55. The smallest absolute Gasteiger partial charge is 0.130 e. The molecule has 0 aromatic rings. The molecule has 18 atom stereocenters. The summed E-state index contributed by atoms with van der Waals surface area (Å²) in [4.78, 5) is 0. The fourth-order valence-corrected chi connectivity index (χ4v) is 19.6. The van der Waals surface area contributed by atoms with Gasteiger partial charge in [-0.3, -0.25) is 0 Å². The van der Waals surface area contributed by atoms with E-state index in [1.807, 2.05) is 0 Å². The minimum absolute atomic E-state index is 0.0626. The summed E-state index contributed by atoms with van der Waals surface area (Å²) < 4.78 is 16.5. The SMILES string of the molecule is C#C[C@]1(O)CCC2C3C(CC[C@@]21C)C1=C(CC(OC)=CC1)C[C@H]3C.COC1=CCC2=C(C1)C[C@@H](C)C1C2CC[C@@]2(C)C1CC[C@@H]2O.COC1=CCC2=C(C1)C[C@@H](C)C1C2CC[C@@]2(C)C1CC[C@@H]2O. The largest absolute Gasteiger partial charge is 0.501 e. The quantitative estimate of drug-likeness (QED) is 0.193. The monoisotopic (exact) mass is 931 g/mol. The Hall–Kier alpha value is -2.72. The predicted molar refractivity (Wildman–Crippen MR) is 272 cm³/mol. The van der Waals surface area contributed by atoms with Crippen LogP contribution >= 0.6 is 0 Å². The number of hydrogen-bond donors (Lipinski definition) is 3. The minimum Gasteiger partial charge on any atom is -0.501 e. The topological polar surface area (TPSA) is 88.4 Å². The number of aliphatic hydroxyl groups is 3. The van der Waals surface area contributed by atoms with E-state index in [9.17, 15) is 15.3 Å². The van der Waals surface area contributed by atoms with E-state index in [-0.39, 0.29) is 28.5 Å². The predicted octanol–water partition coefficient (Wildman–Crippen LogP) is 13.4. The number of aliphatic hydroxyl groups excluding tert-OH is 2. The van der Waals surface area contributed by atoms with E-state index in [2.05, 4.69) is 65.7 Å². The summed E-state index contributed by atoms with van der Waals surface area (Å²) in [6.45, 7) is 14.3. The summed E-state index contributed by atoms with van der Waals surface area (Å²) >= 11 is 0. The molecule has 0 saturated heterocycles. The molecule has 0 spiro atoms. The van der Waals surface area contributed by atoms with Gasteiger partial charge in [-0.25, -0.2) is 0 Å². The van der Waals surface area contributed by atoms with Crippen molar-refractivity contribution in [3.05, 3.63) is 68.9 Å². The Morgan fingerprint density at radius 1 is 0.515 bits per heavy atom. The van der Waals surface area contributed by atoms with Crippen molar-refractivity contribution in [1.29, 1.82) is 0 Å². The summed E-state index contributed by atoms with van der Waals surface area (Å²) in [5, 5.41) is 32.1. The van der Waals surface area contributed by atoms with Crippen LogP contribution in [0.3, 0.4) is 0 Å². The molecule has 6 fully saturated rings. The van der Waals surface area contributed by atoms with Gasteiger partial charge in [-0.05, 0) is 216 Å². The minimum atomic E-state index is -0.896. The van der Waals surface area contributed by atoms with Gasteiger partial charge in [-0.2, -0.15) is 0 Å². The highest BCUT2D eigenvalue weighted by atomic mass is 16.5. The fraction of sp³-hybridized carbons (Fsp3) is 0.774. The zero-order chi connectivity index (χ0) is 48.1. The van der Waals surface area contributed by atoms with Gasteiger partial charge in [0.1, 0.15) is 5.60 Å². The van der Waals surface area contributed by atoms with Gasteiger partial charge in [-0.15, -0.1) is 6.42 Å². The first-order valence-electron chi connectivity index (χ1n) is 27.9. The lowest BCUT2D eigenvalue weighted by molar-refractivity contribution is -0.0803. The molecule has 0 radical (unpaired) electrons. The van der Waals surface area contributed by atoms with Crippen molar-refractivity contribution < 1.29 is 29.5 Å². The van der Waals surface area contributed by atoms with E-state index >= 15 is 0 Å². The average Bonchev–Trinajstić information content (AvgIpc) is 3.93. The number of methoxy groups -OCH3 is 3. The third-order valence-electron chi connectivity index (χ3n) is 23.3. The molecule has 0 aromatic heterocycles. The van der Waals surface area contributed by atoms with Crippen LogP contribution in [-0.4, -0.2) is 54.5 Å². The van der Waals surface area contributed by atoms with E-state index in [4.69, 9.17) is 20.6 Å². The average molecular weight is 931 g/mol. The maximum atomic E-state index is 11.1. The summed E-state index contributed by atoms with van der Waals surface area (Å²) in [5.74, 6) is 15.0. The number of fused-ring (bicyclic) bond motifs is 12. The Kier molecular flexibility index (Phi) is 13.2. The summed E-state index contributed by atoms with van der Waals surface area (Å²) in [7, 11) is 5.40. The Morgan fingerprint density at radius 2 is 0.882 bits per heavy atom. The molecule has 12 aliphatic carbocycles. The van der Waals surface area contributed by atoms with Crippen molar-refractivity contribution >= 4 is 0 Å². The normalized spacial score (nSPS) is 47.4. The van der Waals surface area contributed by atoms with Crippen molar-refractivity contribution in [2.24, 2.45) is 87.3 Å². The molecule has 6 saturated carbocycles. The van der Waals surface area contributed by atoms with Gasteiger partial charge >= 0.3 is 0 Å². The third kappa shape index (κ3) is 7.72. The van der Waals surface area contributed by atoms with Crippen molar-refractivity contribution in [2.45, 2.75) is 194 Å². The van der Waals surface area contributed by atoms with Crippen molar-refractivity contribution in [2.75, 3.05) is 21.3 Å². The van der Waals surface area contributed by atoms with Crippen LogP contribution in [0.4, 0.5) is 0 Å². The van der Waals surface area contributed by atoms with Gasteiger partial charge in [-0.1, -0.05) is 80.9 Å². The van der Waals surface area contributed by atoms with Gasteiger partial charge in [0.05, 0.1) is 50.8 Å². The Balaban J connectivity index is 0.000000119. The zero-order valence-electron chi connectivity index (χ0n) is 43.8. The summed E-state index contributed by atoms with van der Waals surface area (Å²) in [6, 6.07) is 0. The van der Waals surface area contributed by atoms with Crippen LogP contribution in [0.1, 0.15) is 176 Å². The standard InChI is InChI=1S/C22H30O2.2C20H30O2/c1-5-22(23)11-9-19-20-14(2)12-15-13-16(24-4)6-7-17(15)18(20)8-10-21(19,22)3;2*1-12-10-13-11-14(22-3)4-5-15(13)16-8-9-20(2)17(19(12)16)6-7-18(20)21/h1,6,14,18-20,23H,7-13H2,2-4H3;2*4,12,16-19,21H,5-11H2,1-3H3/t14-,18?,19?,20?,21+,22+;2*12-,16?,17?,18+,19?,20+/m111/s1. The van der Waals surface area contributed by atoms with Crippen LogP contribution < -0.4 is 0 Å². The molecule has 68 heavy (non-hydrogen) atoms. The van der Waals surface area contributed by atoms with Crippen molar-refractivity contribution in [3.63, 3.8) is 0 Å². The van der Waals surface area contributed by atoms with Crippen LogP contribution in [0.2, 0.25) is 0 Å². The first-order valence-corrected chi connectivity index (χ1v) is 27.9. The van der Waals surface area contributed by atoms with Gasteiger partial charge in [0, 0.05) is 24.7 Å². The maximum Gasteiger partial charge on any atom is 0.130 e. The van der Waals surface area contributed by atoms with Crippen LogP contribution in [0.5, 0.6) is 0 Å². The highest BCUT2D eigenvalue weighted by Crippen LogP contribution is 2.67. The highest BCUT2D eigenvalue weighted by molar-refractivity contribution is 5.37. The number of terminal acetylenes is 1. The van der Waals surface area contributed by atoms with Crippen LogP contribution in [0.25, 0.3) is 0 Å². The molecule has 374 valence electrons. The molecule has 6 heteroatoms. The lowest BCUT2D eigenvalue weighted by atomic mass is 9.50. The van der Waals surface area contributed by atoms with Crippen molar-refractivity contribution in [3.8, 4) is 12.3 Å². The van der Waals surface area contributed by atoms with E-state index in [1.54, 1.807) is 54.8 Å². The van der Waals surface area contributed by atoms with Gasteiger partial charge < -0.3 is 29.5 Å². The number of ether oxygens (including phenoxy) is 3. The second-order valence-electron chi connectivity index (χ2n) is 25.8. The molecule has 12 rings (SSSR count). The Morgan fingerprint density at radius 3 is 1.25 bits per heavy atom. The number of hydrogen-bond acceptors (Lipinski definition) is 6. The van der Waals surface area contributed by atoms with Crippen LogP contribution in [0, 0.1) is 99.6 Å². The highest BCUT2D eigenvalue weighted by Gasteiger charge is 2.63. The maximum absolute atomic E-state index is 11.1. The molecule has 0 bridgehead atoms. The molecule has 3 N–H and O–H groups in total. The van der Waals surface area contributed by atoms with E-state index in [0.29, 0.717) is 23.7 Å². The molecular weight excluding hydrogens is 841 g/mol. The zero-order valence-corrected chi connectivity index (χ0v) is 43.8. The molecule has 12 aliphatic rings. The lowest BCUT2D eigenvalue weighted by Crippen LogP contribution is -2.52. The fourth-order valence-electron chi connectivity index (χ4n) is 19.6. The van der Waals surface area contributed by atoms with E-state index < -0.39 is 5.60 Å². The first-order chi connectivity index (χ1) is 32.5. The Bertz CT molecular complexity index is 2100. The van der Waals surface area contributed by atoms with Crippen molar-refractivity contribution in [1.82, 2.24) is 0 Å². The third-order valence-corrected chi connectivity index (χ3v) is 23.3. The molecular formula is C62H90O6. The second-order valence-corrected chi connectivity index (χ2v) is 25.8. The molecule has 0 aromatic carbocycles.